The van der Waals surface area contributed by atoms with Gasteiger partial charge in [-0.15, -0.1) is 0 Å². The Morgan fingerprint density at radius 3 is 2.40 bits per heavy atom. The summed E-state index contributed by atoms with van der Waals surface area (Å²) < 4.78 is 2.14. The number of amides is 1. The Morgan fingerprint density at radius 1 is 1.07 bits per heavy atom. The van der Waals surface area contributed by atoms with E-state index in [2.05, 4.69) is 47.1 Å². The molecule has 0 saturated carbocycles. The second kappa shape index (κ2) is 9.28. The largest absolute Gasteiger partial charge is 0.321 e. The highest BCUT2D eigenvalue weighted by atomic mass is 16.1. The lowest BCUT2D eigenvalue weighted by Gasteiger charge is -2.11. The lowest BCUT2D eigenvalue weighted by molar-refractivity contribution is -0.112. The molecule has 3 aromatic rings. The van der Waals surface area contributed by atoms with Gasteiger partial charge in [0.05, 0.1) is 0 Å². The summed E-state index contributed by atoms with van der Waals surface area (Å²) in [4.78, 5) is 12.8. The highest BCUT2D eigenvalue weighted by Gasteiger charge is 2.15. The first kappa shape index (κ1) is 21.1. The van der Waals surface area contributed by atoms with Crippen molar-refractivity contribution in [2.75, 3.05) is 5.32 Å². The van der Waals surface area contributed by atoms with Crippen LogP contribution in [0, 0.1) is 25.2 Å². The summed E-state index contributed by atoms with van der Waals surface area (Å²) in [6.07, 6.45) is 3.48. The van der Waals surface area contributed by atoms with Gasteiger partial charge in [0.15, 0.2) is 0 Å². The van der Waals surface area contributed by atoms with Crippen LogP contribution in [-0.4, -0.2) is 10.5 Å². The summed E-state index contributed by atoms with van der Waals surface area (Å²) in [5.74, 6) is -0.393. The van der Waals surface area contributed by atoms with Crippen LogP contribution in [0.2, 0.25) is 0 Å². The first-order chi connectivity index (χ1) is 14.5. The molecular formula is C26H27N3O. The number of aromatic nitrogens is 1. The first-order valence-corrected chi connectivity index (χ1v) is 10.3. The molecule has 0 saturated heterocycles. The summed E-state index contributed by atoms with van der Waals surface area (Å²) in [7, 11) is 0. The molecule has 1 heterocycles. The fourth-order valence-electron chi connectivity index (χ4n) is 3.66. The number of benzene rings is 2. The highest BCUT2D eigenvalue weighted by Crippen LogP contribution is 2.24. The Labute approximate surface area is 178 Å². The van der Waals surface area contributed by atoms with Gasteiger partial charge in [-0.3, -0.25) is 4.79 Å². The van der Waals surface area contributed by atoms with Gasteiger partial charge in [-0.1, -0.05) is 44.2 Å². The SMILES string of the molecule is CCc1ccc(-n2c(C)cc(/C=C(/C#N)C(=O)Nc3ccccc3CC)c2C)cc1. The summed E-state index contributed by atoms with van der Waals surface area (Å²) >= 11 is 0. The summed E-state index contributed by atoms with van der Waals surface area (Å²) in [5, 5.41) is 12.5. The van der Waals surface area contributed by atoms with E-state index in [9.17, 15) is 10.1 Å². The van der Waals surface area contributed by atoms with Crippen LogP contribution in [-0.2, 0) is 17.6 Å². The number of nitrogens with zero attached hydrogens (tertiary/aromatic N) is 2. The number of nitriles is 1. The Hall–Kier alpha value is -3.58. The molecule has 0 aliphatic rings. The zero-order valence-corrected chi connectivity index (χ0v) is 18.0. The van der Waals surface area contributed by atoms with Crippen molar-refractivity contribution in [1.82, 2.24) is 4.57 Å². The van der Waals surface area contributed by atoms with E-state index in [0.717, 1.165) is 46.7 Å². The van der Waals surface area contributed by atoms with Crippen molar-refractivity contribution < 1.29 is 4.79 Å². The molecule has 152 valence electrons. The molecule has 0 radical (unpaired) electrons. The van der Waals surface area contributed by atoms with E-state index in [4.69, 9.17) is 0 Å². The Bertz CT molecular complexity index is 1130. The van der Waals surface area contributed by atoms with E-state index in [1.165, 1.54) is 5.56 Å². The number of carbonyl (C=O) groups is 1. The predicted molar refractivity (Wildman–Crippen MR) is 123 cm³/mol. The number of anilines is 1. The minimum Gasteiger partial charge on any atom is -0.321 e. The number of nitrogens with one attached hydrogen (secondary N) is 1. The van der Waals surface area contributed by atoms with Crippen molar-refractivity contribution in [2.24, 2.45) is 0 Å². The Kier molecular flexibility index (Phi) is 6.54. The second-order valence-corrected chi connectivity index (χ2v) is 7.32. The molecule has 1 N–H and O–H groups in total. The lowest BCUT2D eigenvalue weighted by Crippen LogP contribution is -2.14. The van der Waals surface area contributed by atoms with Crippen LogP contribution in [0.15, 0.2) is 60.2 Å². The van der Waals surface area contributed by atoms with Gasteiger partial charge in [-0.05, 0) is 73.7 Å². The third kappa shape index (κ3) is 4.36. The van der Waals surface area contributed by atoms with Crippen LogP contribution >= 0.6 is 0 Å². The van der Waals surface area contributed by atoms with Crippen LogP contribution in [0.25, 0.3) is 11.8 Å². The predicted octanol–water partition coefficient (Wildman–Crippen LogP) is 5.76. The molecule has 0 aliphatic heterocycles. The van der Waals surface area contributed by atoms with Gasteiger partial charge in [0.1, 0.15) is 11.6 Å². The van der Waals surface area contributed by atoms with Gasteiger partial charge < -0.3 is 9.88 Å². The molecule has 4 nitrogen and oxygen atoms in total. The van der Waals surface area contributed by atoms with Gasteiger partial charge in [0.2, 0.25) is 0 Å². The van der Waals surface area contributed by atoms with Crippen LogP contribution in [0.5, 0.6) is 0 Å². The molecule has 0 fully saturated rings. The number of aryl methyl sites for hydroxylation is 3. The minimum atomic E-state index is -0.393. The van der Waals surface area contributed by atoms with Crippen molar-refractivity contribution >= 4 is 17.7 Å². The molecule has 0 aliphatic carbocycles. The van der Waals surface area contributed by atoms with Gasteiger partial charge >= 0.3 is 0 Å². The fraction of sp³-hybridized carbons (Fsp3) is 0.231. The van der Waals surface area contributed by atoms with Gasteiger partial charge in [-0.2, -0.15) is 5.26 Å². The molecule has 0 spiro atoms. The molecule has 3 rings (SSSR count). The van der Waals surface area contributed by atoms with E-state index in [1.807, 2.05) is 51.1 Å². The van der Waals surface area contributed by atoms with Crippen molar-refractivity contribution in [3.05, 3.63) is 88.2 Å². The highest BCUT2D eigenvalue weighted by molar-refractivity contribution is 6.10. The number of hydrogen-bond donors (Lipinski definition) is 1. The third-order valence-electron chi connectivity index (χ3n) is 5.38. The summed E-state index contributed by atoms with van der Waals surface area (Å²) in [6.45, 7) is 8.21. The van der Waals surface area contributed by atoms with Crippen molar-refractivity contribution in [1.29, 1.82) is 5.26 Å². The fourth-order valence-corrected chi connectivity index (χ4v) is 3.66. The van der Waals surface area contributed by atoms with E-state index in [1.54, 1.807) is 6.08 Å². The van der Waals surface area contributed by atoms with Crippen molar-refractivity contribution in [3.63, 3.8) is 0 Å². The number of rotatable bonds is 6. The number of hydrogen-bond acceptors (Lipinski definition) is 2. The van der Waals surface area contributed by atoms with Crippen LogP contribution in [0.1, 0.15) is 41.9 Å². The van der Waals surface area contributed by atoms with Gasteiger partial charge in [0.25, 0.3) is 5.91 Å². The molecule has 4 heteroatoms. The van der Waals surface area contributed by atoms with Gasteiger partial charge in [-0.25, -0.2) is 0 Å². The monoisotopic (exact) mass is 397 g/mol. The molecular weight excluding hydrogens is 370 g/mol. The van der Waals surface area contributed by atoms with Crippen LogP contribution in [0.4, 0.5) is 5.69 Å². The zero-order valence-electron chi connectivity index (χ0n) is 18.0. The maximum atomic E-state index is 12.8. The van der Waals surface area contributed by atoms with E-state index < -0.39 is 5.91 Å². The normalized spacial score (nSPS) is 11.2. The quantitative estimate of drug-likeness (QED) is 0.424. The molecule has 0 atom stereocenters. The first-order valence-electron chi connectivity index (χ1n) is 10.3. The molecule has 30 heavy (non-hydrogen) atoms. The van der Waals surface area contributed by atoms with E-state index >= 15 is 0 Å². The Balaban J connectivity index is 1.92. The topological polar surface area (TPSA) is 57.8 Å². The van der Waals surface area contributed by atoms with Crippen LogP contribution in [0.3, 0.4) is 0 Å². The minimum absolute atomic E-state index is 0.0856. The zero-order chi connectivity index (χ0) is 21.7. The Morgan fingerprint density at radius 2 is 1.77 bits per heavy atom. The molecule has 2 aromatic carbocycles. The summed E-state index contributed by atoms with van der Waals surface area (Å²) in [5.41, 5.74) is 7.14. The second-order valence-electron chi connectivity index (χ2n) is 7.32. The smallest absolute Gasteiger partial charge is 0.266 e. The number of carbonyl (C=O) groups excluding carboxylic acids is 1. The average molecular weight is 398 g/mol. The molecule has 0 bridgehead atoms. The maximum Gasteiger partial charge on any atom is 0.266 e. The van der Waals surface area contributed by atoms with Crippen molar-refractivity contribution in [3.8, 4) is 11.8 Å². The lowest BCUT2D eigenvalue weighted by atomic mass is 10.1. The number of para-hydroxylation sites is 1. The average Bonchev–Trinajstić information content (AvgIpc) is 3.05. The molecule has 1 amide bonds. The summed E-state index contributed by atoms with van der Waals surface area (Å²) in [6, 6.07) is 20.2. The molecule has 0 unspecified atom stereocenters. The van der Waals surface area contributed by atoms with E-state index in [0.29, 0.717) is 0 Å². The van der Waals surface area contributed by atoms with Crippen molar-refractivity contribution in [2.45, 2.75) is 40.5 Å². The third-order valence-corrected chi connectivity index (χ3v) is 5.38. The standard InChI is InChI=1S/C26H27N3O/c1-5-20-11-13-24(14-12-20)29-18(3)15-22(19(29)4)16-23(17-27)26(30)28-25-10-8-7-9-21(25)6-2/h7-16H,5-6H2,1-4H3,(H,28,30)/b23-16-. The van der Waals surface area contributed by atoms with Gasteiger partial charge in [0, 0.05) is 22.8 Å². The van der Waals surface area contributed by atoms with Crippen LogP contribution < -0.4 is 5.32 Å². The van der Waals surface area contributed by atoms with E-state index in [-0.39, 0.29) is 5.57 Å². The maximum absolute atomic E-state index is 12.8. The molecule has 1 aromatic heterocycles.